The van der Waals surface area contributed by atoms with Crippen LogP contribution in [0.3, 0.4) is 0 Å². The lowest BCUT2D eigenvalue weighted by atomic mass is 10.1. The first-order valence-electron chi connectivity index (χ1n) is 5.86. The number of benzene rings is 1. The van der Waals surface area contributed by atoms with Crippen LogP contribution in [0.2, 0.25) is 5.02 Å². The maximum Gasteiger partial charge on any atom is 0.146 e. The van der Waals surface area contributed by atoms with E-state index in [4.69, 9.17) is 17.3 Å². The zero-order valence-electron chi connectivity index (χ0n) is 9.66. The normalized spacial score (nSPS) is 14.8. The largest absolute Gasteiger partial charge is 0.396 e. The van der Waals surface area contributed by atoms with Gasteiger partial charge in [-0.15, -0.1) is 0 Å². The van der Waals surface area contributed by atoms with Crippen LogP contribution in [-0.4, -0.2) is 4.98 Å². The van der Waals surface area contributed by atoms with Crippen LogP contribution in [0.5, 0.6) is 0 Å². The number of anilines is 1. The summed E-state index contributed by atoms with van der Waals surface area (Å²) < 4.78 is 13.5. The van der Waals surface area contributed by atoms with Gasteiger partial charge in [-0.2, -0.15) is 0 Å². The van der Waals surface area contributed by atoms with E-state index in [1.165, 1.54) is 25.0 Å². The Kier molecular flexibility index (Phi) is 2.71. The molecule has 2 N–H and O–H groups in total. The average molecular weight is 263 g/mol. The zero-order valence-corrected chi connectivity index (χ0v) is 10.4. The summed E-state index contributed by atoms with van der Waals surface area (Å²) in [4.78, 5) is 4.40. The summed E-state index contributed by atoms with van der Waals surface area (Å²) in [5.74, 6) is 0.151. The van der Waals surface area contributed by atoms with E-state index >= 15 is 0 Å². The Morgan fingerprint density at radius 1 is 1.28 bits per heavy atom. The molecule has 1 aliphatic rings. The van der Waals surface area contributed by atoms with Crippen LogP contribution >= 0.6 is 11.6 Å². The molecule has 0 bridgehead atoms. The van der Waals surface area contributed by atoms with Crippen LogP contribution < -0.4 is 5.73 Å². The van der Waals surface area contributed by atoms with E-state index in [0.29, 0.717) is 16.5 Å². The van der Waals surface area contributed by atoms with E-state index in [0.717, 1.165) is 11.3 Å². The lowest BCUT2D eigenvalue weighted by Gasteiger charge is -2.07. The van der Waals surface area contributed by atoms with Crippen molar-refractivity contribution in [3.63, 3.8) is 0 Å². The third-order valence-electron chi connectivity index (χ3n) is 3.18. The van der Waals surface area contributed by atoms with Crippen LogP contribution in [0.1, 0.15) is 24.5 Å². The molecular formula is C14H12ClFN2. The van der Waals surface area contributed by atoms with Gasteiger partial charge in [-0.1, -0.05) is 17.7 Å². The maximum atomic E-state index is 13.5. The SMILES string of the molecule is Nc1cc(Cl)c(-c2ccc(C3CC3)nc2)cc1F. The first-order chi connectivity index (χ1) is 8.65. The summed E-state index contributed by atoms with van der Waals surface area (Å²) in [6, 6.07) is 6.70. The second-order valence-electron chi connectivity index (χ2n) is 4.60. The molecule has 2 aromatic rings. The summed E-state index contributed by atoms with van der Waals surface area (Å²) in [5.41, 5.74) is 8.06. The second kappa shape index (κ2) is 4.25. The van der Waals surface area contributed by atoms with Gasteiger partial charge in [0.1, 0.15) is 5.82 Å². The van der Waals surface area contributed by atoms with Crippen molar-refractivity contribution in [2.24, 2.45) is 0 Å². The molecule has 1 heterocycles. The molecule has 2 nitrogen and oxygen atoms in total. The van der Waals surface area contributed by atoms with Gasteiger partial charge in [-0.05, 0) is 31.0 Å². The molecule has 92 valence electrons. The van der Waals surface area contributed by atoms with Gasteiger partial charge in [-0.3, -0.25) is 4.98 Å². The highest BCUT2D eigenvalue weighted by atomic mass is 35.5. The molecule has 1 aliphatic carbocycles. The van der Waals surface area contributed by atoms with Gasteiger partial charge in [0, 0.05) is 28.9 Å². The molecule has 0 spiro atoms. The number of halogens is 2. The number of rotatable bonds is 2. The van der Waals surface area contributed by atoms with Crippen molar-refractivity contribution < 1.29 is 4.39 Å². The Balaban J connectivity index is 2.00. The highest BCUT2D eigenvalue weighted by molar-refractivity contribution is 6.33. The molecule has 3 rings (SSSR count). The van der Waals surface area contributed by atoms with Crippen molar-refractivity contribution in [2.75, 3.05) is 5.73 Å². The van der Waals surface area contributed by atoms with Gasteiger partial charge >= 0.3 is 0 Å². The van der Waals surface area contributed by atoms with Crippen molar-refractivity contribution in [3.05, 3.63) is 47.0 Å². The van der Waals surface area contributed by atoms with Crippen molar-refractivity contribution in [1.29, 1.82) is 0 Å². The predicted octanol–water partition coefficient (Wildman–Crippen LogP) is 4.00. The fourth-order valence-electron chi connectivity index (χ4n) is 1.97. The van der Waals surface area contributed by atoms with E-state index in [1.807, 2.05) is 12.1 Å². The number of pyridine rings is 1. The van der Waals surface area contributed by atoms with Crippen molar-refractivity contribution in [2.45, 2.75) is 18.8 Å². The minimum atomic E-state index is -0.458. The summed E-state index contributed by atoms with van der Waals surface area (Å²) in [7, 11) is 0. The molecule has 1 fully saturated rings. The van der Waals surface area contributed by atoms with Crippen LogP contribution in [0, 0.1) is 5.82 Å². The standard InChI is InChI=1S/C14H12ClFN2/c15-11-6-13(17)12(16)5-10(11)9-3-4-14(18-7-9)8-1-2-8/h3-8H,1-2,17H2. The van der Waals surface area contributed by atoms with Gasteiger partial charge < -0.3 is 5.73 Å². The highest BCUT2D eigenvalue weighted by Crippen LogP contribution is 2.39. The highest BCUT2D eigenvalue weighted by Gasteiger charge is 2.24. The molecular weight excluding hydrogens is 251 g/mol. The molecule has 4 heteroatoms. The molecule has 0 unspecified atom stereocenters. The van der Waals surface area contributed by atoms with E-state index in [2.05, 4.69) is 4.98 Å². The fourth-order valence-corrected chi connectivity index (χ4v) is 2.25. The number of hydrogen-bond donors (Lipinski definition) is 1. The minimum absolute atomic E-state index is 0.0614. The van der Waals surface area contributed by atoms with Gasteiger partial charge in [0.05, 0.1) is 10.7 Å². The van der Waals surface area contributed by atoms with Gasteiger partial charge in [0.15, 0.2) is 0 Å². The Morgan fingerprint density at radius 2 is 2.06 bits per heavy atom. The molecule has 0 saturated heterocycles. The van der Waals surface area contributed by atoms with E-state index in [1.54, 1.807) is 6.20 Å². The van der Waals surface area contributed by atoms with Crippen molar-refractivity contribution in [3.8, 4) is 11.1 Å². The van der Waals surface area contributed by atoms with Crippen molar-refractivity contribution in [1.82, 2.24) is 4.98 Å². The van der Waals surface area contributed by atoms with Gasteiger partial charge in [-0.25, -0.2) is 4.39 Å². The average Bonchev–Trinajstić information content (AvgIpc) is 3.18. The summed E-state index contributed by atoms with van der Waals surface area (Å²) >= 11 is 6.08. The first-order valence-corrected chi connectivity index (χ1v) is 6.24. The number of aromatic nitrogens is 1. The van der Waals surface area contributed by atoms with Crippen LogP contribution in [0.15, 0.2) is 30.5 Å². The fraction of sp³-hybridized carbons (Fsp3) is 0.214. The first kappa shape index (κ1) is 11.5. The summed E-state index contributed by atoms with van der Waals surface area (Å²) in [6.07, 6.45) is 4.16. The number of nitrogens with two attached hydrogens (primary N) is 1. The number of nitrogen functional groups attached to an aromatic ring is 1. The van der Waals surface area contributed by atoms with Gasteiger partial charge in [0.2, 0.25) is 0 Å². The molecule has 1 aromatic carbocycles. The monoisotopic (exact) mass is 262 g/mol. The topological polar surface area (TPSA) is 38.9 Å². The van der Waals surface area contributed by atoms with Crippen LogP contribution in [0.25, 0.3) is 11.1 Å². The summed E-state index contributed by atoms with van der Waals surface area (Å²) in [6.45, 7) is 0. The lowest BCUT2D eigenvalue weighted by molar-refractivity contribution is 0.633. The van der Waals surface area contributed by atoms with Crippen LogP contribution in [0.4, 0.5) is 10.1 Å². The molecule has 1 aromatic heterocycles. The number of nitrogens with zero attached hydrogens (tertiary/aromatic N) is 1. The minimum Gasteiger partial charge on any atom is -0.396 e. The molecule has 18 heavy (non-hydrogen) atoms. The van der Waals surface area contributed by atoms with E-state index in [-0.39, 0.29) is 5.69 Å². The Labute approximate surface area is 110 Å². The molecule has 0 amide bonds. The second-order valence-corrected chi connectivity index (χ2v) is 5.01. The molecule has 0 radical (unpaired) electrons. The quantitative estimate of drug-likeness (QED) is 0.831. The number of hydrogen-bond acceptors (Lipinski definition) is 2. The van der Waals surface area contributed by atoms with Crippen LogP contribution in [-0.2, 0) is 0 Å². The maximum absolute atomic E-state index is 13.5. The molecule has 0 aliphatic heterocycles. The smallest absolute Gasteiger partial charge is 0.146 e. The Morgan fingerprint density at radius 3 is 2.67 bits per heavy atom. The summed E-state index contributed by atoms with van der Waals surface area (Å²) in [5, 5.41) is 0.440. The molecule has 1 saturated carbocycles. The van der Waals surface area contributed by atoms with E-state index in [9.17, 15) is 4.39 Å². The van der Waals surface area contributed by atoms with Crippen molar-refractivity contribution >= 4 is 17.3 Å². The van der Waals surface area contributed by atoms with E-state index < -0.39 is 5.82 Å². The third-order valence-corrected chi connectivity index (χ3v) is 3.49. The zero-order chi connectivity index (χ0) is 12.7. The Bertz CT molecular complexity index is 591. The van der Waals surface area contributed by atoms with Gasteiger partial charge in [0.25, 0.3) is 0 Å². The Hall–Kier alpha value is -1.61. The lowest BCUT2D eigenvalue weighted by Crippen LogP contribution is -1.93. The molecule has 0 atom stereocenters. The third kappa shape index (κ3) is 2.06. The predicted molar refractivity (Wildman–Crippen MR) is 71.0 cm³/mol.